The van der Waals surface area contributed by atoms with E-state index in [0.717, 1.165) is 5.76 Å². The molecule has 0 atom stereocenters. The van der Waals surface area contributed by atoms with Gasteiger partial charge in [0.25, 0.3) is 0 Å². The summed E-state index contributed by atoms with van der Waals surface area (Å²) in [7, 11) is 0. The van der Waals surface area contributed by atoms with Gasteiger partial charge < -0.3 is 14.5 Å². The van der Waals surface area contributed by atoms with Crippen LogP contribution in [-0.4, -0.2) is 6.41 Å². The van der Waals surface area contributed by atoms with Gasteiger partial charge in [0.15, 0.2) is 0 Å². The van der Waals surface area contributed by atoms with Crippen molar-refractivity contribution in [1.82, 2.24) is 0 Å². The monoisotopic (exact) mass is 217 g/mol. The Kier molecular flexibility index (Phi) is 3.23. The first kappa shape index (κ1) is 10.3. The number of rotatable bonds is 5. The van der Waals surface area contributed by atoms with Crippen molar-refractivity contribution in [3.63, 3.8) is 0 Å². The topological polar surface area (TPSA) is 51.5 Å². The lowest BCUT2D eigenvalue weighted by Crippen LogP contribution is -2.00. The molecular weight excluding hydrogens is 206 g/mol. The smallest absolute Gasteiger partial charge is 0.211 e. The van der Waals surface area contributed by atoms with Gasteiger partial charge in [-0.2, -0.15) is 0 Å². The van der Waals surface area contributed by atoms with Crippen molar-refractivity contribution < 1.29 is 13.9 Å². The number of furan rings is 1. The molecule has 0 aliphatic heterocycles. The molecule has 0 radical (unpaired) electrons. The quantitative estimate of drug-likeness (QED) is 0.782. The normalized spacial score (nSPS) is 9.75. The van der Waals surface area contributed by atoms with Crippen molar-refractivity contribution in [2.45, 2.75) is 6.61 Å². The average Bonchev–Trinajstić information content (AvgIpc) is 2.81. The van der Waals surface area contributed by atoms with Gasteiger partial charge in [0.05, 0.1) is 12.0 Å². The van der Waals surface area contributed by atoms with E-state index in [2.05, 4.69) is 5.32 Å². The average molecular weight is 217 g/mol. The summed E-state index contributed by atoms with van der Waals surface area (Å²) in [5.41, 5.74) is 0.643. The van der Waals surface area contributed by atoms with Crippen LogP contribution in [0.1, 0.15) is 5.76 Å². The maximum atomic E-state index is 10.4. The number of anilines is 1. The van der Waals surface area contributed by atoms with Gasteiger partial charge in [-0.3, -0.25) is 4.79 Å². The number of nitrogens with one attached hydrogen (secondary N) is 1. The van der Waals surface area contributed by atoms with Crippen molar-refractivity contribution in [2.24, 2.45) is 0 Å². The van der Waals surface area contributed by atoms with Crippen LogP contribution in [0, 0.1) is 0 Å². The highest BCUT2D eigenvalue weighted by atomic mass is 16.5. The minimum atomic E-state index is 0.338. The number of benzene rings is 1. The van der Waals surface area contributed by atoms with Crippen LogP contribution in [0.4, 0.5) is 5.69 Å². The number of hydrogen-bond acceptors (Lipinski definition) is 3. The first-order chi connectivity index (χ1) is 7.90. The molecule has 82 valence electrons. The zero-order valence-electron chi connectivity index (χ0n) is 8.55. The summed E-state index contributed by atoms with van der Waals surface area (Å²) in [5.74, 6) is 1.35. The maximum Gasteiger partial charge on any atom is 0.211 e. The standard InChI is InChI=1S/C12H11NO3/c14-9-13-11-5-1-2-6-12(11)16-8-10-4-3-7-15-10/h1-7,9H,8H2,(H,13,14). The fraction of sp³-hybridized carbons (Fsp3) is 0.0833. The molecule has 0 saturated heterocycles. The zero-order chi connectivity index (χ0) is 11.2. The number of carbonyl (C=O) groups is 1. The molecule has 1 aromatic heterocycles. The Hall–Kier alpha value is -2.23. The van der Waals surface area contributed by atoms with E-state index in [4.69, 9.17) is 9.15 Å². The van der Waals surface area contributed by atoms with Crippen molar-refractivity contribution in [1.29, 1.82) is 0 Å². The van der Waals surface area contributed by atoms with Gasteiger partial charge in [-0.1, -0.05) is 12.1 Å². The molecule has 0 aliphatic carbocycles. The number of ether oxygens (including phenoxy) is 1. The highest BCUT2D eigenvalue weighted by Gasteiger charge is 2.03. The Morgan fingerprint density at radius 3 is 2.88 bits per heavy atom. The Morgan fingerprint density at radius 1 is 1.25 bits per heavy atom. The van der Waals surface area contributed by atoms with Crippen molar-refractivity contribution in [2.75, 3.05) is 5.32 Å². The van der Waals surface area contributed by atoms with Crippen LogP contribution < -0.4 is 10.1 Å². The highest BCUT2D eigenvalue weighted by Crippen LogP contribution is 2.23. The van der Waals surface area contributed by atoms with E-state index in [1.165, 1.54) is 0 Å². The molecular formula is C12H11NO3. The Morgan fingerprint density at radius 2 is 2.12 bits per heavy atom. The molecule has 1 amide bonds. The minimum absolute atomic E-state index is 0.338. The van der Waals surface area contributed by atoms with Gasteiger partial charge in [-0.25, -0.2) is 0 Å². The third kappa shape index (κ3) is 2.42. The lowest BCUT2D eigenvalue weighted by Gasteiger charge is -2.08. The summed E-state index contributed by atoms with van der Waals surface area (Å²) in [6, 6.07) is 10.9. The molecule has 2 aromatic rings. The summed E-state index contributed by atoms with van der Waals surface area (Å²) in [6.07, 6.45) is 2.21. The molecule has 0 bridgehead atoms. The fourth-order valence-corrected chi connectivity index (χ4v) is 1.32. The van der Waals surface area contributed by atoms with Crippen molar-refractivity contribution in [3.8, 4) is 5.75 Å². The zero-order valence-corrected chi connectivity index (χ0v) is 8.55. The van der Waals surface area contributed by atoms with Crippen LogP contribution >= 0.6 is 0 Å². The van der Waals surface area contributed by atoms with E-state index in [9.17, 15) is 4.79 Å². The summed E-state index contributed by atoms with van der Waals surface area (Å²) in [5, 5.41) is 2.57. The van der Waals surface area contributed by atoms with Gasteiger partial charge in [0, 0.05) is 0 Å². The van der Waals surface area contributed by atoms with Gasteiger partial charge in [-0.15, -0.1) is 0 Å². The molecule has 0 aliphatic rings. The summed E-state index contributed by atoms with van der Waals surface area (Å²) in [4.78, 5) is 10.4. The van der Waals surface area contributed by atoms with E-state index in [1.807, 2.05) is 18.2 Å². The van der Waals surface area contributed by atoms with E-state index in [0.29, 0.717) is 24.5 Å². The van der Waals surface area contributed by atoms with Crippen LogP contribution in [0.15, 0.2) is 47.1 Å². The van der Waals surface area contributed by atoms with Gasteiger partial charge >= 0.3 is 0 Å². The third-order valence-electron chi connectivity index (χ3n) is 2.05. The minimum Gasteiger partial charge on any atom is -0.483 e. The first-order valence-corrected chi connectivity index (χ1v) is 4.84. The van der Waals surface area contributed by atoms with E-state index in [1.54, 1.807) is 24.5 Å². The second kappa shape index (κ2) is 5.02. The van der Waals surface area contributed by atoms with Crippen molar-refractivity contribution >= 4 is 12.1 Å². The Balaban J connectivity index is 2.05. The van der Waals surface area contributed by atoms with Crippen LogP contribution in [0.25, 0.3) is 0 Å². The van der Waals surface area contributed by atoms with Gasteiger partial charge in [0.1, 0.15) is 18.1 Å². The Labute approximate surface area is 92.8 Å². The maximum absolute atomic E-state index is 10.4. The summed E-state index contributed by atoms with van der Waals surface area (Å²) in [6.45, 7) is 0.338. The predicted octanol–water partition coefficient (Wildman–Crippen LogP) is 2.43. The molecule has 0 unspecified atom stereocenters. The molecule has 1 heterocycles. The van der Waals surface area contributed by atoms with Gasteiger partial charge in [-0.05, 0) is 24.3 Å². The first-order valence-electron chi connectivity index (χ1n) is 4.84. The van der Waals surface area contributed by atoms with Crippen LogP contribution in [0.5, 0.6) is 5.75 Å². The summed E-state index contributed by atoms with van der Waals surface area (Å²) < 4.78 is 10.7. The molecule has 4 heteroatoms. The molecule has 1 aromatic carbocycles. The second-order valence-electron chi connectivity index (χ2n) is 3.13. The largest absolute Gasteiger partial charge is 0.483 e. The summed E-state index contributed by atoms with van der Waals surface area (Å²) >= 11 is 0. The van der Waals surface area contributed by atoms with Gasteiger partial charge in [0.2, 0.25) is 6.41 Å². The Bertz CT molecular complexity index is 451. The molecule has 0 fully saturated rings. The fourth-order valence-electron chi connectivity index (χ4n) is 1.32. The molecule has 0 spiro atoms. The van der Waals surface area contributed by atoms with Crippen LogP contribution in [-0.2, 0) is 11.4 Å². The van der Waals surface area contributed by atoms with Crippen LogP contribution in [0.3, 0.4) is 0 Å². The molecule has 1 N–H and O–H groups in total. The molecule has 4 nitrogen and oxygen atoms in total. The number of hydrogen-bond donors (Lipinski definition) is 1. The second-order valence-corrected chi connectivity index (χ2v) is 3.13. The lowest BCUT2D eigenvalue weighted by molar-refractivity contribution is -0.105. The van der Waals surface area contributed by atoms with E-state index < -0.39 is 0 Å². The highest BCUT2D eigenvalue weighted by molar-refractivity contribution is 5.75. The number of para-hydroxylation sites is 2. The van der Waals surface area contributed by atoms with E-state index in [-0.39, 0.29) is 0 Å². The molecule has 2 rings (SSSR count). The molecule has 0 saturated carbocycles. The SMILES string of the molecule is O=CNc1ccccc1OCc1ccco1. The number of amides is 1. The predicted molar refractivity (Wildman–Crippen MR) is 59.2 cm³/mol. The van der Waals surface area contributed by atoms with Crippen LogP contribution in [0.2, 0.25) is 0 Å². The third-order valence-corrected chi connectivity index (χ3v) is 2.05. The molecule has 16 heavy (non-hydrogen) atoms. The lowest BCUT2D eigenvalue weighted by atomic mass is 10.3. The number of carbonyl (C=O) groups excluding carboxylic acids is 1. The van der Waals surface area contributed by atoms with E-state index >= 15 is 0 Å². The van der Waals surface area contributed by atoms with Crippen molar-refractivity contribution in [3.05, 3.63) is 48.4 Å².